The van der Waals surface area contributed by atoms with E-state index in [2.05, 4.69) is 36.1 Å². The fraction of sp³-hybridized carbons (Fsp3) is 0.526. The van der Waals surface area contributed by atoms with Gasteiger partial charge in [0.1, 0.15) is 0 Å². The minimum Gasteiger partial charge on any atom is -0.383 e. The van der Waals surface area contributed by atoms with Gasteiger partial charge in [-0.05, 0) is 24.1 Å². The maximum Gasteiger partial charge on any atom is 0.328 e. The van der Waals surface area contributed by atoms with Gasteiger partial charge in [-0.3, -0.25) is 9.69 Å². The summed E-state index contributed by atoms with van der Waals surface area (Å²) < 4.78 is 5.05. The molecule has 1 aromatic carbocycles. The lowest BCUT2D eigenvalue weighted by atomic mass is 10.1. The number of guanidine groups is 1. The van der Waals surface area contributed by atoms with E-state index in [1.54, 1.807) is 19.1 Å². The molecule has 2 atom stereocenters. The quantitative estimate of drug-likeness (QED) is 0.772. The number of anilines is 1. The summed E-state index contributed by atoms with van der Waals surface area (Å²) in [6.07, 6.45) is 0.521. The number of hydrogen-bond acceptors (Lipinski definition) is 6. The van der Waals surface area contributed by atoms with E-state index in [0.717, 1.165) is 24.6 Å². The molecule has 0 spiro atoms. The van der Waals surface area contributed by atoms with Gasteiger partial charge in [0.25, 0.3) is 5.91 Å². The van der Waals surface area contributed by atoms with Crippen molar-refractivity contribution in [1.82, 2.24) is 14.7 Å². The van der Waals surface area contributed by atoms with Crippen LogP contribution >= 0.6 is 0 Å². The summed E-state index contributed by atoms with van der Waals surface area (Å²) in [4.78, 5) is 37.4. The largest absolute Gasteiger partial charge is 0.383 e. The topological polar surface area (TPSA) is 68.7 Å². The fourth-order valence-corrected chi connectivity index (χ4v) is 3.98. The minimum atomic E-state index is -0.475. The van der Waals surface area contributed by atoms with E-state index >= 15 is 0 Å². The van der Waals surface area contributed by atoms with Gasteiger partial charge in [-0.25, -0.2) is 9.79 Å². The maximum atomic E-state index is 13.0. The van der Waals surface area contributed by atoms with E-state index in [-0.39, 0.29) is 18.5 Å². The number of aliphatic imine (C=N–C) groups is 1. The molecule has 27 heavy (non-hydrogen) atoms. The molecule has 0 saturated carbocycles. The molecule has 3 amide bonds. The van der Waals surface area contributed by atoms with Gasteiger partial charge in [0, 0.05) is 32.9 Å². The number of carbonyl (C=O) groups is 2. The number of carbonyl (C=O) groups excluding carboxylic acids is 2. The molecule has 0 N–H and O–H groups in total. The van der Waals surface area contributed by atoms with Crippen LogP contribution in [0, 0.1) is 0 Å². The molecule has 8 nitrogen and oxygen atoms in total. The molecule has 2 saturated heterocycles. The third-order valence-corrected chi connectivity index (χ3v) is 5.55. The Bertz CT molecular complexity index is 778. The van der Waals surface area contributed by atoms with Crippen LogP contribution in [0.4, 0.5) is 10.5 Å². The summed E-state index contributed by atoms with van der Waals surface area (Å²) in [5.41, 5.74) is 2.34. The molecule has 8 heteroatoms. The Morgan fingerprint density at radius 1 is 1.19 bits per heavy atom. The average Bonchev–Trinajstić information content (AvgIpc) is 3.26. The van der Waals surface area contributed by atoms with Crippen molar-refractivity contribution in [3.63, 3.8) is 0 Å². The molecule has 0 radical (unpaired) electrons. The standard InChI is InChI=1S/C19H25N5O3/c1-4-13-5-7-14(8-6-13)22-9-10-23-15-16(20-18(22)23)21(2)19(26)24(17(15)25)11-12-27-3/h5-8,15-16H,4,9-12H2,1-3H3. The van der Waals surface area contributed by atoms with Crippen LogP contribution < -0.4 is 4.90 Å². The first kappa shape index (κ1) is 17.8. The molecule has 4 rings (SSSR count). The number of benzene rings is 1. The Hall–Kier alpha value is -2.61. The van der Waals surface area contributed by atoms with Crippen molar-refractivity contribution in [2.45, 2.75) is 25.6 Å². The molecule has 0 aliphatic carbocycles. The van der Waals surface area contributed by atoms with Crippen molar-refractivity contribution in [2.24, 2.45) is 4.99 Å². The van der Waals surface area contributed by atoms with Crippen LogP contribution in [0.3, 0.4) is 0 Å². The zero-order valence-corrected chi connectivity index (χ0v) is 16.0. The van der Waals surface area contributed by atoms with Gasteiger partial charge < -0.3 is 19.4 Å². The van der Waals surface area contributed by atoms with Crippen molar-refractivity contribution < 1.29 is 14.3 Å². The lowest BCUT2D eigenvalue weighted by Gasteiger charge is -2.40. The van der Waals surface area contributed by atoms with Crippen LogP contribution in [0.2, 0.25) is 0 Å². The van der Waals surface area contributed by atoms with Gasteiger partial charge in [-0.1, -0.05) is 19.1 Å². The second kappa shape index (κ2) is 6.84. The number of amides is 3. The van der Waals surface area contributed by atoms with Gasteiger partial charge in [0.15, 0.2) is 12.2 Å². The summed E-state index contributed by atoms with van der Waals surface area (Å²) in [5, 5.41) is 0. The van der Waals surface area contributed by atoms with Crippen molar-refractivity contribution in [1.29, 1.82) is 0 Å². The Kier molecular flexibility index (Phi) is 4.51. The van der Waals surface area contributed by atoms with Crippen molar-refractivity contribution in [3.05, 3.63) is 29.8 Å². The monoisotopic (exact) mass is 371 g/mol. The third kappa shape index (κ3) is 2.75. The molecule has 3 aliphatic rings. The number of ether oxygens (including phenoxy) is 1. The van der Waals surface area contributed by atoms with Crippen LogP contribution in [-0.2, 0) is 16.0 Å². The first-order valence-electron chi connectivity index (χ1n) is 9.34. The number of methoxy groups -OCH3 is 1. The van der Waals surface area contributed by atoms with E-state index in [1.807, 2.05) is 4.90 Å². The van der Waals surface area contributed by atoms with Gasteiger partial charge in [0.05, 0.1) is 13.2 Å². The number of aryl methyl sites for hydroxylation is 1. The Morgan fingerprint density at radius 3 is 2.59 bits per heavy atom. The smallest absolute Gasteiger partial charge is 0.328 e. The third-order valence-electron chi connectivity index (χ3n) is 5.55. The number of imide groups is 1. The molecular formula is C19H25N5O3. The molecule has 3 aliphatic heterocycles. The Balaban J connectivity index is 1.61. The van der Waals surface area contributed by atoms with Crippen LogP contribution in [0.1, 0.15) is 12.5 Å². The number of rotatable bonds is 5. The highest BCUT2D eigenvalue weighted by atomic mass is 16.5. The summed E-state index contributed by atoms with van der Waals surface area (Å²) in [5.74, 6) is 0.581. The Morgan fingerprint density at radius 2 is 1.93 bits per heavy atom. The van der Waals surface area contributed by atoms with Crippen LogP contribution in [0.25, 0.3) is 0 Å². The molecule has 144 valence electrons. The van der Waals surface area contributed by atoms with Crippen LogP contribution in [-0.4, -0.2) is 85.2 Å². The summed E-state index contributed by atoms with van der Waals surface area (Å²) >= 11 is 0. The molecule has 0 bridgehead atoms. The highest BCUT2D eigenvalue weighted by molar-refractivity contribution is 6.07. The van der Waals surface area contributed by atoms with E-state index < -0.39 is 12.2 Å². The molecule has 2 unspecified atom stereocenters. The van der Waals surface area contributed by atoms with Crippen molar-refractivity contribution in [3.8, 4) is 0 Å². The van der Waals surface area contributed by atoms with Crippen molar-refractivity contribution >= 4 is 23.6 Å². The van der Waals surface area contributed by atoms with E-state index in [9.17, 15) is 9.59 Å². The minimum absolute atomic E-state index is 0.193. The van der Waals surface area contributed by atoms with Gasteiger partial charge in [-0.2, -0.15) is 0 Å². The second-order valence-corrected chi connectivity index (χ2v) is 7.03. The van der Waals surface area contributed by atoms with Crippen LogP contribution in [0.5, 0.6) is 0 Å². The Labute approximate surface area is 159 Å². The second-order valence-electron chi connectivity index (χ2n) is 7.03. The SMILES string of the molecule is CCc1ccc(N2CCN3C2=NC2C3C(=O)N(CCOC)C(=O)N2C)cc1. The maximum absolute atomic E-state index is 13.0. The zero-order chi connectivity index (χ0) is 19.1. The lowest BCUT2D eigenvalue weighted by molar-refractivity contribution is -0.137. The first-order valence-corrected chi connectivity index (χ1v) is 9.34. The molecule has 1 aromatic rings. The predicted molar refractivity (Wildman–Crippen MR) is 102 cm³/mol. The molecule has 3 heterocycles. The number of likely N-dealkylation sites (N-methyl/N-ethyl adjacent to an activating group) is 1. The summed E-state index contributed by atoms with van der Waals surface area (Å²) in [7, 11) is 3.27. The van der Waals surface area contributed by atoms with Crippen molar-refractivity contribution in [2.75, 3.05) is 45.3 Å². The van der Waals surface area contributed by atoms with Gasteiger partial charge >= 0.3 is 6.03 Å². The van der Waals surface area contributed by atoms with E-state index in [0.29, 0.717) is 13.2 Å². The van der Waals surface area contributed by atoms with Gasteiger partial charge in [-0.15, -0.1) is 0 Å². The molecular weight excluding hydrogens is 346 g/mol. The van der Waals surface area contributed by atoms with Crippen LogP contribution in [0.15, 0.2) is 29.3 Å². The van der Waals surface area contributed by atoms with E-state index in [4.69, 9.17) is 9.73 Å². The van der Waals surface area contributed by atoms with E-state index in [1.165, 1.54) is 10.5 Å². The highest BCUT2D eigenvalue weighted by Crippen LogP contribution is 2.33. The fourth-order valence-electron chi connectivity index (χ4n) is 3.98. The zero-order valence-electron chi connectivity index (χ0n) is 16.0. The first-order chi connectivity index (χ1) is 13.1. The lowest BCUT2D eigenvalue weighted by Crippen LogP contribution is -2.65. The number of nitrogens with zero attached hydrogens (tertiary/aromatic N) is 5. The molecule has 2 fully saturated rings. The predicted octanol–water partition coefficient (Wildman–Crippen LogP) is 0.976. The summed E-state index contributed by atoms with van der Waals surface area (Å²) in [6, 6.07) is 7.65. The number of fused-ring (bicyclic) bond motifs is 3. The molecule has 0 aromatic heterocycles. The highest BCUT2D eigenvalue weighted by Gasteiger charge is 2.54. The number of urea groups is 1. The number of hydrogen-bond donors (Lipinski definition) is 0. The summed E-state index contributed by atoms with van der Waals surface area (Å²) in [6.45, 7) is 4.20. The van der Waals surface area contributed by atoms with Gasteiger partial charge in [0.2, 0.25) is 5.96 Å². The normalized spacial score (nSPS) is 24.5. The average molecular weight is 371 g/mol.